The van der Waals surface area contributed by atoms with Gasteiger partial charge in [-0.05, 0) is 26.7 Å². The van der Waals surface area contributed by atoms with Crippen LogP contribution in [0.4, 0.5) is 0 Å². The van der Waals surface area contributed by atoms with Crippen LogP contribution in [0, 0.1) is 5.41 Å². The summed E-state index contributed by atoms with van der Waals surface area (Å²) in [5.74, 6) is -0.473. The molecule has 0 aliphatic heterocycles. The van der Waals surface area contributed by atoms with Crippen LogP contribution >= 0.6 is 0 Å². The second kappa shape index (κ2) is 5.35. The van der Waals surface area contributed by atoms with Crippen LogP contribution in [0.15, 0.2) is 5.16 Å². The lowest BCUT2D eigenvalue weighted by atomic mass is 9.88. The van der Waals surface area contributed by atoms with Crippen molar-refractivity contribution in [1.82, 2.24) is 5.32 Å². The summed E-state index contributed by atoms with van der Waals surface area (Å²) < 4.78 is 0. The van der Waals surface area contributed by atoms with Crippen molar-refractivity contribution in [2.75, 3.05) is 0 Å². The van der Waals surface area contributed by atoms with Crippen molar-refractivity contribution in [3.63, 3.8) is 0 Å². The fraction of sp³-hybridized carbons (Fsp3) is 0.818. The van der Waals surface area contributed by atoms with Gasteiger partial charge < -0.3 is 21.4 Å². The molecule has 6 heteroatoms. The molecule has 2 unspecified atom stereocenters. The van der Waals surface area contributed by atoms with Crippen molar-refractivity contribution in [1.29, 1.82) is 0 Å². The van der Waals surface area contributed by atoms with E-state index >= 15 is 0 Å². The Morgan fingerprint density at radius 1 is 1.41 bits per heavy atom. The molecule has 5 N–H and O–H groups in total. The average molecular weight is 243 g/mol. The molecule has 0 spiro atoms. The van der Waals surface area contributed by atoms with Crippen LogP contribution in [-0.2, 0) is 4.79 Å². The standard InChI is InChI=1S/C11H21N3O3/c1-11(2,9(12)14-17)10(16)13-7-5-3-4-6-8(7)15/h7-8,15,17H,3-6H2,1-2H3,(H2,12,14)(H,13,16). The number of aliphatic hydroxyl groups is 1. The number of nitrogens with two attached hydrogens (primary N) is 1. The molecule has 0 bridgehead atoms. The van der Waals surface area contributed by atoms with Crippen molar-refractivity contribution in [3.8, 4) is 0 Å². The topological polar surface area (TPSA) is 108 Å². The Morgan fingerprint density at radius 2 is 2.00 bits per heavy atom. The van der Waals surface area contributed by atoms with Crippen molar-refractivity contribution >= 4 is 11.7 Å². The molecule has 1 aliphatic rings. The highest BCUT2D eigenvalue weighted by atomic mass is 16.4. The molecular formula is C11H21N3O3. The van der Waals surface area contributed by atoms with Crippen molar-refractivity contribution in [3.05, 3.63) is 0 Å². The van der Waals surface area contributed by atoms with E-state index in [-0.39, 0.29) is 17.8 Å². The fourth-order valence-corrected chi connectivity index (χ4v) is 1.87. The number of oxime groups is 1. The van der Waals surface area contributed by atoms with Gasteiger partial charge in [0.25, 0.3) is 0 Å². The van der Waals surface area contributed by atoms with Crippen LogP contribution < -0.4 is 11.1 Å². The summed E-state index contributed by atoms with van der Waals surface area (Å²) >= 11 is 0. The number of aliphatic hydroxyl groups excluding tert-OH is 1. The number of nitrogens with one attached hydrogen (secondary N) is 1. The summed E-state index contributed by atoms with van der Waals surface area (Å²) in [6, 6.07) is -0.234. The number of hydrogen-bond donors (Lipinski definition) is 4. The summed E-state index contributed by atoms with van der Waals surface area (Å²) in [6.07, 6.45) is 2.94. The Morgan fingerprint density at radius 3 is 2.53 bits per heavy atom. The minimum Gasteiger partial charge on any atom is -0.409 e. The maximum Gasteiger partial charge on any atom is 0.233 e. The Labute approximate surface area is 101 Å². The van der Waals surface area contributed by atoms with Crippen molar-refractivity contribution in [2.24, 2.45) is 16.3 Å². The van der Waals surface area contributed by atoms with Gasteiger partial charge in [-0.25, -0.2) is 0 Å². The number of hydrogen-bond acceptors (Lipinski definition) is 4. The zero-order valence-electron chi connectivity index (χ0n) is 10.3. The third kappa shape index (κ3) is 3.09. The second-order valence-corrected chi connectivity index (χ2v) is 5.04. The molecule has 0 radical (unpaired) electrons. The zero-order valence-corrected chi connectivity index (χ0v) is 10.3. The van der Waals surface area contributed by atoms with Gasteiger partial charge in [-0.2, -0.15) is 0 Å². The van der Waals surface area contributed by atoms with E-state index in [0.29, 0.717) is 6.42 Å². The van der Waals surface area contributed by atoms with Gasteiger partial charge in [-0.15, -0.1) is 0 Å². The van der Waals surface area contributed by atoms with E-state index in [0.717, 1.165) is 19.3 Å². The van der Waals surface area contributed by atoms with Gasteiger partial charge in [0.2, 0.25) is 5.91 Å². The quantitative estimate of drug-likeness (QED) is 0.245. The number of amidine groups is 1. The van der Waals surface area contributed by atoms with E-state index in [9.17, 15) is 9.90 Å². The van der Waals surface area contributed by atoms with Crippen molar-refractivity contribution < 1.29 is 15.1 Å². The van der Waals surface area contributed by atoms with Gasteiger partial charge in [0.15, 0.2) is 5.84 Å². The first kappa shape index (κ1) is 13.8. The summed E-state index contributed by atoms with van der Waals surface area (Å²) in [5.41, 5.74) is 4.39. The lowest BCUT2D eigenvalue weighted by Gasteiger charge is -2.31. The fourth-order valence-electron chi connectivity index (χ4n) is 1.87. The van der Waals surface area contributed by atoms with Crippen LogP contribution in [0.5, 0.6) is 0 Å². The number of rotatable bonds is 3. The summed E-state index contributed by atoms with van der Waals surface area (Å²) in [6.45, 7) is 3.15. The molecule has 98 valence electrons. The Balaban J connectivity index is 2.65. The maximum atomic E-state index is 12.0. The SMILES string of the molecule is CC(C)(C(=O)NC1CCCCC1O)C(N)=NO. The molecule has 1 fully saturated rings. The molecular weight excluding hydrogens is 222 g/mol. The van der Waals surface area contributed by atoms with E-state index in [2.05, 4.69) is 10.5 Å². The Kier molecular flexibility index (Phi) is 4.34. The molecule has 1 rings (SSSR count). The third-order valence-corrected chi connectivity index (χ3v) is 3.36. The average Bonchev–Trinajstić information content (AvgIpc) is 2.30. The van der Waals surface area contributed by atoms with Crippen LogP contribution in [0.2, 0.25) is 0 Å². The molecule has 17 heavy (non-hydrogen) atoms. The first-order valence-corrected chi connectivity index (χ1v) is 5.86. The first-order chi connectivity index (χ1) is 7.89. The van der Waals surface area contributed by atoms with Gasteiger partial charge in [-0.3, -0.25) is 4.79 Å². The summed E-state index contributed by atoms with van der Waals surface area (Å²) in [7, 11) is 0. The molecule has 2 atom stereocenters. The first-order valence-electron chi connectivity index (χ1n) is 5.86. The molecule has 0 saturated heterocycles. The predicted octanol–water partition coefficient (Wildman–Crippen LogP) is 0.179. The van der Waals surface area contributed by atoms with E-state index in [4.69, 9.17) is 10.9 Å². The van der Waals surface area contributed by atoms with E-state index in [1.807, 2.05) is 0 Å². The Hall–Kier alpha value is -1.30. The zero-order chi connectivity index (χ0) is 13.1. The monoisotopic (exact) mass is 243 g/mol. The predicted molar refractivity (Wildman–Crippen MR) is 63.6 cm³/mol. The second-order valence-electron chi connectivity index (χ2n) is 5.04. The smallest absolute Gasteiger partial charge is 0.233 e. The molecule has 0 aromatic rings. The van der Waals surface area contributed by atoms with Crippen LogP contribution in [0.3, 0.4) is 0 Å². The summed E-state index contributed by atoms with van der Waals surface area (Å²) in [4.78, 5) is 12.0. The van der Waals surface area contributed by atoms with E-state index in [1.54, 1.807) is 13.8 Å². The van der Waals surface area contributed by atoms with Gasteiger partial charge in [0.1, 0.15) is 5.41 Å². The molecule has 0 aromatic carbocycles. The number of nitrogens with zero attached hydrogens (tertiary/aromatic N) is 1. The lowest BCUT2D eigenvalue weighted by Crippen LogP contribution is -2.53. The van der Waals surface area contributed by atoms with Crippen LogP contribution in [0.25, 0.3) is 0 Å². The molecule has 1 saturated carbocycles. The summed E-state index contributed by atoms with van der Waals surface area (Å²) in [5, 5.41) is 24.0. The normalized spacial score (nSPS) is 26.6. The third-order valence-electron chi connectivity index (χ3n) is 3.36. The van der Waals surface area contributed by atoms with Crippen molar-refractivity contribution in [2.45, 2.75) is 51.7 Å². The van der Waals surface area contributed by atoms with E-state index in [1.165, 1.54) is 0 Å². The lowest BCUT2D eigenvalue weighted by molar-refractivity contribution is -0.128. The highest BCUT2D eigenvalue weighted by Crippen LogP contribution is 2.21. The van der Waals surface area contributed by atoms with E-state index < -0.39 is 11.5 Å². The molecule has 0 aromatic heterocycles. The van der Waals surface area contributed by atoms with Gasteiger partial charge in [0, 0.05) is 0 Å². The van der Waals surface area contributed by atoms with Gasteiger partial charge in [0.05, 0.1) is 12.1 Å². The number of carbonyl (C=O) groups excluding carboxylic acids is 1. The maximum absolute atomic E-state index is 12.0. The molecule has 0 heterocycles. The molecule has 1 aliphatic carbocycles. The highest BCUT2D eigenvalue weighted by molar-refractivity contribution is 6.05. The minimum absolute atomic E-state index is 0.139. The van der Waals surface area contributed by atoms with Crippen LogP contribution in [0.1, 0.15) is 39.5 Å². The highest BCUT2D eigenvalue weighted by Gasteiger charge is 2.35. The number of carbonyl (C=O) groups is 1. The number of amides is 1. The largest absolute Gasteiger partial charge is 0.409 e. The minimum atomic E-state index is -1.08. The van der Waals surface area contributed by atoms with Crippen LogP contribution in [-0.4, -0.2) is 34.2 Å². The van der Waals surface area contributed by atoms with Gasteiger partial charge >= 0.3 is 0 Å². The molecule has 1 amide bonds. The van der Waals surface area contributed by atoms with Gasteiger partial charge in [-0.1, -0.05) is 18.0 Å². The Bertz CT molecular complexity index is 315. The molecule has 6 nitrogen and oxygen atoms in total.